The predicted octanol–water partition coefficient (Wildman–Crippen LogP) is 5.67. The van der Waals surface area contributed by atoms with Crippen LogP contribution in [0.15, 0.2) is 79.2 Å². The van der Waals surface area contributed by atoms with Gasteiger partial charge in [0.25, 0.3) is 5.91 Å². The molecule has 2 N–H and O–H groups in total. The number of carbonyl (C=O) groups is 1. The van der Waals surface area contributed by atoms with Gasteiger partial charge in [-0.2, -0.15) is 0 Å². The van der Waals surface area contributed by atoms with E-state index in [1.807, 2.05) is 58.3 Å². The molecule has 10 heteroatoms. The Kier molecular flexibility index (Phi) is 8.47. The number of allylic oxidation sites excluding steroid dienone is 3. The Morgan fingerprint density at radius 2 is 2.05 bits per heavy atom. The van der Waals surface area contributed by atoms with Crippen LogP contribution in [0.5, 0.6) is 5.75 Å². The van der Waals surface area contributed by atoms with Crippen LogP contribution >= 0.6 is 22.9 Å². The van der Waals surface area contributed by atoms with E-state index in [2.05, 4.69) is 15.2 Å². The fourth-order valence-corrected chi connectivity index (χ4v) is 5.49. The summed E-state index contributed by atoms with van der Waals surface area (Å²) in [5, 5.41) is 12.6. The molecule has 0 spiro atoms. The van der Waals surface area contributed by atoms with Gasteiger partial charge in [0.15, 0.2) is 0 Å². The van der Waals surface area contributed by atoms with Crippen molar-refractivity contribution < 1.29 is 14.6 Å². The Balaban J connectivity index is 1.33. The molecule has 0 unspecified atom stereocenters. The molecule has 0 aliphatic carbocycles. The smallest absolute Gasteiger partial charge is 0.261 e. The molecule has 2 aliphatic rings. The zero-order valence-electron chi connectivity index (χ0n) is 20.9. The highest BCUT2D eigenvalue weighted by Crippen LogP contribution is 2.32. The summed E-state index contributed by atoms with van der Waals surface area (Å²) in [5.41, 5.74) is 3.09. The third kappa shape index (κ3) is 6.30. The van der Waals surface area contributed by atoms with Gasteiger partial charge in [0.2, 0.25) is 0 Å². The molecular weight excluding hydrogens is 522 g/mol. The number of anilines is 1. The molecule has 1 saturated heterocycles. The summed E-state index contributed by atoms with van der Waals surface area (Å²) < 4.78 is 8.82. The van der Waals surface area contributed by atoms with Crippen LogP contribution in [0.25, 0.3) is 5.69 Å². The molecule has 3 aromatic rings. The minimum absolute atomic E-state index is 0.182. The Hall–Kier alpha value is -3.53. The lowest BCUT2D eigenvalue weighted by atomic mass is 10.1. The number of hydrogen-bond donors (Lipinski definition) is 2. The van der Waals surface area contributed by atoms with E-state index >= 15 is 0 Å². The van der Waals surface area contributed by atoms with Crippen molar-refractivity contribution in [3.05, 3.63) is 94.2 Å². The number of carbonyl (C=O) groups excluding carboxylic acids is 1. The number of aliphatic hydroxyl groups excluding tert-OH is 1. The van der Waals surface area contributed by atoms with E-state index in [4.69, 9.17) is 16.3 Å². The number of nitrogens with one attached hydrogen (secondary N) is 1. The third-order valence-corrected chi connectivity index (χ3v) is 7.73. The summed E-state index contributed by atoms with van der Waals surface area (Å²) in [6.07, 6.45) is 16.0. The van der Waals surface area contributed by atoms with Gasteiger partial charge >= 0.3 is 0 Å². The average Bonchev–Trinajstić information content (AvgIpc) is 3.61. The van der Waals surface area contributed by atoms with Crippen molar-refractivity contribution in [2.75, 3.05) is 31.1 Å². The maximum atomic E-state index is 12.4. The van der Waals surface area contributed by atoms with E-state index < -0.39 is 0 Å². The molecule has 0 bridgehead atoms. The fourth-order valence-electron chi connectivity index (χ4n) is 4.53. The zero-order valence-corrected chi connectivity index (χ0v) is 22.5. The van der Waals surface area contributed by atoms with Crippen molar-refractivity contribution in [1.29, 1.82) is 0 Å². The summed E-state index contributed by atoms with van der Waals surface area (Å²) in [6.45, 7) is 3.95. The predicted molar refractivity (Wildman–Crippen MR) is 151 cm³/mol. The summed E-state index contributed by atoms with van der Waals surface area (Å²) in [4.78, 5) is 21.8. The van der Waals surface area contributed by atoms with Gasteiger partial charge < -0.3 is 24.6 Å². The van der Waals surface area contributed by atoms with Gasteiger partial charge in [0, 0.05) is 30.7 Å². The highest BCUT2D eigenvalue weighted by Gasteiger charge is 2.16. The lowest BCUT2D eigenvalue weighted by Gasteiger charge is -2.27. The minimum atomic E-state index is -0.182. The summed E-state index contributed by atoms with van der Waals surface area (Å²) in [6, 6.07) is 9.34. The van der Waals surface area contributed by atoms with Gasteiger partial charge in [-0.3, -0.25) is 9.69 Å². The maximum Gasteiger partial charge on any atom is 0.261 e. The minimum Gasteiger partial charge on any atom is -0.513 e. The Bertz CT molecular complexity index is 1360. The van der Waals surface area contributed by atoms with E-state index in [0.29, 0.717) is 33.8 Å². The van der Waals surface area contributed by atoms with Gasteiger partial charge in [0.05, 0.1) is 39.2 Å². The molecule has 4 heterocycles. The first kappa shape index (κ1) is 26.1. The number of aromatic nitrogens is 2. The first-order valence-electron chi connectivity index (χ1n) is 12.7. The van der Waals surface area contributed by atoms with E-state index in [0.717, 1.165) is 43.0 Å². The van der Waals surface area contributed by atoms with Crippen molar-refractivity contribution in [2.45, 2.75) is 25.8 Å². The number of hydrogen-bond acceptors (Lipinski definition) is 7. The number of benzene rings is 1. The monoisotopic (exact) mass is 551 g/mol. The van der Waals surface area contributed by atoms with Crippen molar-refractivity contribution in [1.82, 2.24) is 19.8 Å². The highest BCUT2D eigenvalue weighted by molar-refractivity contribution is 7.18. The average molecular weight is 552 g/mol. The topological polar surface area (TPSA) is 82.9 Å². The third-order valence-electron chi connectivity index (χ3n) is 6.50. The molecular formula is C28H30ClN5O3S. The van der Waals surface area contributed by atoms with Crippen LogP contribution in [0.4, 0.5) is 5.69 Å². The van der Waals surface area contributed by atoms with E-state index in [-0.39, 0.29) is 5.91 Å². The van der Waals surface area contributed by atoms with Gasteiger partial charge in [-0.1, -0.05) is 24.1 Å². The lowest BCUT2D eigenvalue weighted by Crippen LogP contribution is -2.33. The number of likely N-dealkylation sites (tertiary alicyclic amines) is 1. The Morgan fingerprint density at radius 3 is 2.84 bits per heavy atom. The molecule has 8 nitrogen and oxygen atoms in total. The van der Waals surface area contributed by atoms with Crippen LogP contribution in [0.1, 0.15) is 34.6 Å². The molecule has 0 atom stereocenters. The number of piperidine rings is 1. The van der Waals surface area contributed by atoms with Gasteiger partial charge in [0.1, 0.15) is 18.6 Å². The molecule has 0 radical (unpaired) electrons. The quantitative estimate of drug-likeness (QED) is 0.333. The summed E-state index contributed by atoms with van der Waals surface area (Å²) in [7, 11) is 0. The molecule has 1 amide bonds. The van der Waals surface area contributed by atoms with Crippen LogP contribution in [0, 0.1) is 0 Å². The Morgan fingerprint density at radius 1 is 1.18 bits per heavy atom. The highest BCUT2D eigenvalue weighted by atomic mass is 35.5. The molecule has 2 aliphatic heterocycles. The van der Waals surface area contributed by atoms with Gasteiger partial charge in [-0.05, 0) is 62.3 Å². The molecule has 1 aromatic carbocycles. The van der Waals surface area contributed by atoms with Crippen LogP contribution in [-0.2, 0) is 6.54 Å². The van der Waals surface area contributed by atoms with Crippen molar-refractivity contribution in [3.63, 3.8) is 0 Å². The molecule has 5 rings (SSSR count). The standard InChI is InChI=1S/C28H30ClN5O3S/c29-27-10-9-26(38-27)28(36)30-17-21-18-33(20-31-21)24-8-7-22(34-13-5-2-6-23(34)19-35)16-25(24)37-15-14-32-11-3-1-4-12-32/h2,5-10,13,16,18-20,35H,1,3-4,11-12,14-15,17H2,(H,30,36)/b23-19-. The number of nitrogens with zero attached hydrogens (tertiary/aromatic N) is 4. The number of aliphatic hydroxyl groups is 1. The van der Waals surface area contributed by atoms with Crippen molar-refractivity contribution in [3.8, 4) is 11.4 Å². The molecule has 1 fully saturated rings. The van der Waals surface area contributed by atoms with E-state index in [1.165, 1.54) is 30.6 Å². The molecule has 198 valence electrons. The summed E-state index contributed by atoms with van der Waals surface area (Å²) >= 11 is 7.19. The normalized spacial score (nSPS) is 16.8. The van der Waals surface area contributed by atoms with E-state index in [1.54, 1.807) is 18.5 Å². The molecule has 38 heavy (non-hydrogen) atoms. The SMILES string of the molecule is O=C(NCc1cn(-c2ccc(N3C=CC=C/C3=C/O)cc2OCCN2CCCCC2)cn1)c1ccc(Cl)s1. The van der Waals surface area contributed by atoms with Crippen LogP contribution in [-0.4, -0.2) is 51.7 Å². The van der Waals surface area contributed by atoms with E-state index in [9.17, 15) is 9.90 Å². The second kappa shape index (κ2) is 12.3. The zero-order chi connectivity index (χ0) is 26.3. The van der Waals surface area contributed by atoms with Crippen LogP contribution in [0.2, 0.25) is 4.34 Å². The number of halogens is 1. The fraction of sp³-hybridized carbons (Fsp3) is 0.286. The number of rotatable bonds is 9. The summed E-state index contributed by atoms with van der Waals surface area (Å²) in [5.74, 6) is 0.528. The van der Waals surface area contributed by atoms with Crippen LogP contribution in [0.3, 0.4) is 0 Å². The van der Waals surface area contributed by atoms with Gasteiger partial charge in [-0.15, -0.1) is 11.3 Å². The first-order valence-corrected chi connectivity index (χ1v) is 13.8. The number of amides is 1. The van der Waals surface area contributed by atoms with Gasteiger partial charge in [-0.25, -0.2) is 4.98 Å². The maximum absolute atomic E-state index is 12.4. The number of thiophene rings is 1. The van der Waals surface area contributed by atoms with Crippen molar-refractivity contribution >= 4 is 34.5 Å². The Labute approximate surface area is 231 Å². The molecule has 0 saturated carbocycles. The number of imidazole rings is 1. The largest absolute Gasteiger partial charge is 0.513 e. The first-order chi connectivity index (χ1) is 18.6. The molecule has 2 aromatic heterocycles. The lowest BCUT2D eigenvalue weighted by molar-refractivity contribution is 0.0954. The van der Waals surface area contributed by atoms with Crippen LogP contribution < -0.4 is 15.0 Å². The second-order valence-corrected chi connectivity index (χ2v) is 10.8. The second-order valence-electron chi connectivity index (χ2n) is 9.09. The number of ether oxygens (including phenoxy) is 1. The van der Waals surface area contributed by atoms with Crippen molar-refractivity contribution in [2.24, 2.45) is 0 Å².